The number of halogens is 1. The topological polar surface area (TPSA) is 43.3 Å². The van der Waals surface area contributed by atoms with Gasteiger partial charge in [0.15, 0.2) is 0 Å². The van der Waals surface area contributed by atoms with Crippen LogP contribution >= 0.6 is 22.6 Å². The molecule has 0 fully saturated rings. The molecular weight excluding hydrogens is 355 g/mol. The molecule has 100 valence electrons. The van der Waals surface area contributed by atoms with Gasteiger partial charge in [-0.15, -0.1) is 0 Å². The van der Waals surface area contributed by atoms with Crippen LogP contribution in [0.15, 0.2) is 42.6 Å². The van der Waals surface area contributed by atoms with Crippen LogP contribution in [0.25, 0.3) is 0 Å². The zero-order valence-electron chi connectivity index (χ0n) is 10.6. The molecule has 0 unspecified atom stereocenters. The summed E-state index contributed by atoms with van der Waals surface area (Å²) in [7, 11) is 1.65. The Morgan fingerprint density at radius 1 is 1.32 bits per heavy atom. The number of aromatic nitrogens is 1. The molecule has 19 heavy (non-hydrogen) atoms. The van der Waals surface area contributed by atoms with Gasteiger partial charge in [-0.1, -0.05) is 0 Å². The summed E-state index contributed by atoms with van der Waals surface area (Å²) in [6, 6.07) is 11.4. The van der Waals surface area contributed by atoms with Crippen LogP contribution in [0.5, 0.6) is 0 Å². The molecule has 1 N–H and O–H groups in total. The molecule has 5 heteroatoms. The standard InChI is InChI=1S/C14H15IN2O2/c1-19-10-9-17-8-2-3-13(17)14(18)16-12-6-4-11(15)5-7-12/h2-8H,9-10H2,1H3,(H,16,18). The van der Waals surface area contributed by atoms with Gasteiger partial charge in [0.05, 0.1) is 6.61 Å². The van der Waals surface area contributed by atoms with Crippen molar-refractivity contribution in [2.75, 3.05) is 19.0 Å². The third kappa shape index (κ3) is 3.81. The zero-order valence-corrected chi connectivity index (χ0v) is 12.8. The van der Waals surface area contributed by atoms with E-state index in [2.05, 4.69) is 27.9 Å². The number of amides is 1. The number of carbonyl (C=O) groups excluding carboxylic acids is 1. The summed E-state index contributed by atoms with van der Waals surface area (Å²) < 4.78 is 8.05. The Hall–Kier alpha value is -1.34. The van der Waals surface area contributed by atoms with E-state index in [-0.39, 0.29) is 5.91 Å². The second-order valence-corrected chi connectivity index (χ2v) is 5.29. The SMILES string of the molecule is COCCn1cccc1C(=O)Nc1ccc(I)cc1. The van der Waals surface area contributed by atoms with E-state index in [0.29, 0.717) is 18.8 Å². The van der Waals surface area contributed by atoms with Crippen molar-refractivity contribution in [3.8, 4) is 0 Å². The molecule has 1 aromatic heterocycles. The van der Waals surface area contributed by atoms with Gasteiger partial charge < -0.3 is 14.6 Å². The number of ether oxygens (including phenoxy) is 1. The number of hydrogen-bond donors (Lipinski definition) is 1. The highest BCUT2D eigenvalue weighted by Crippen LogP contribution is 2.13. The number of nitrogens with zero attached hydrogens (tertiary/aromatic N) is 1. The number of nitrogens with one attached hydrogen (secondary N) is 1. The number of benzene rings is 1. The predicted octanol–water partition coefficient (Wildman–Crippen LogP) is 2.99. The molecule has 0 bridgehead atoms. The van der Waals surface area contributed by atoms with Gasteiger partial charge in [-0.25, -0.2) is 0 Å². The fourth-order valence-corrected chi connectivity index (χ4v) is 2.09. The lowest BCUT2D eigenvalue weighted by atomic mass is 10.3. The average molecular weight is 370 g/mol. The normalized spacial score (nSPS) is 10.4. The number of hydrogen-bond acceptors (Lipinski definition) is 2. The number of anilines is 1. The van der Waals surface area contributed by atoms with E-state index in [0.717, 1.165) is 9.26 Å². The number of rotatable bonds is 5. The minimum Gasteiger partial charge on any atom is -0.383 e. The molecule has 0 radical (unpaired) electrons. The molecule has 0 saturated heterocycles. The first kappa shape index (κ1) is 14.1. The van der Waals surface area contributed by atoms with E-state index in [1.165, 1.54) is 0 Å². The van der Waals surface area contributed by atoms with E-state index >= 15 is 0 Å². The molecule has 2 aromatic rings. The van der Waals surface area contributed by atoms with Gasteiger partial charge in [-0.05, 0) is 59.0 Å². The van der Waals surface area contributed by atoms with Crippen molar-refractivity contribution in [1.82, 2.24) is 4.57 Å². The van der Waals surface area contributed by atoms with Crippen LogP contribution in [0.1, 0.15) is 10.5 Å². The molecule has 0 spiro atoms. The van der Waals surface area contributed by atoms with Crippen molar-refractivity contribution in [2.24, 2.45) is 0 Å². The first-order chi connectivity index (χ1) is 9.20. The second kappa shape index (κ2) is 6.72. The van der Waals surface area contributed by atoms with Crippen molar-refractivity contribution in [2.45, 2.75) is 6.54 Å². The van der Waals surface area contributed by atoms with Crippen LogP contribution < -0.4 is 5.32 Å². The highest BCUT2D eigenvalue weighted by molar-refractivity contribution is 14.1. The maximum atomic E-state index is 12.2. The summed E-state index contributed by atoms with van der Waals surface area (Å²) in [6.45, 7) is 1.25. The van der Waals surface area contributed by atoms with Crippen molar-refractivity contribution in [3.63, 3.8) is 0 Å². The lowest BCUT2D eigenvalue weighted by Gasteiger charge is -2.09. The summed E-state index contributed by atoms with van der Waals surface area (Å²) in [6.07, 6.45) is 1.88. The maximum Gasteiger partial charge on any atom is 0.272 e. The number of carbonyl (C=O) groups is 1. The Morgan fingerprint density at radius 2 is 2.05 bits per heavy atom. The third-order valence-electron chi connectivity index (χ3n) is 2.70. The molecule has 0 atom stereocenters. The quantitative estimate of drug-likeness (QED) is 0.823. The van der Waals surface area contributed by atoms with Gasteiger partial charge in [-0.3, -0.25) is 4.79 Å². The Balaban J connectivity index is 2.07. The second-order valence-electron chi connectivity index (χ2n) is 4.04. The van der Waals surface area contributed by atoms with Crippen LogP contribution in [0, 0.1) is 3.57 Å². The van der Waals surface area contributed by atoms with Crippen LogP contribution in [0.2, 0.25) is 0 Å². The molecule has 0 aliphatic carbocycles. The number of methoxy groups -OCH3 is 1. The van der Waals surface area contributed by atoms with E-state index in [1.54, 1.807) is 13.2 Å². The van der Waals surface area contributed by atoms with Crippen molar-refractivity contribution in [1.29, 1.82) is 0 Å². The lowest BCUT2D eigenvalue weighted by molar-refractivity contribution is 0.101. The van der Waals surface area contributed by atoms with Crippen LogP contribution in [0.3, 0.4) is 0 Å². The average Bonchev–Trinajstić information content (AvgIpc) is 2.87. The summed E-state index contributed by atoms with van der Waals surface area (Å²) in [5, 5.41) is 2.88. The summed E-state index contributed by atoms with van der Waals surface area (Å²) >= 11 is 2.23. The van der Waals surface area contributed by atoms with Crippen molar-refractivity contribution < 1.29 is 9.53 Å². The van der Waals surface area contributed by atoms with Crippen molar-refractivity contribution >= 4 is 34.2 Å². The first-order valence-corrected chi connectivity index (χ1v) is 6.99. The van der Waals surface area contributed by atoms with E-state index in [9.17, 15) is 4.79 Å². The largest absolute Gasteiger partial charge is 0.383 e. The van der Waals surface area contributed by atoms with E-state index < -0.39 is 0 Å². The lowest BCUT2D eigenvalue weighted by Crippen LogP contribution is -2.18. The highest BCUT2D eigenvalue weighted by Gasteiger charge is 2.10. The Labute approximate surface area is 125 Å². The smallest absolute Gasteiger partial charge is 0.272 e. The molecule has 4 nitrogen and oxygen atoms in total. The van der Waals surface area contributed by atoms with Gasteiger partial charge >= 0.3 is 0 Å². The van der Waals surface area contributed by atoms with Crippen molar-refractivity contribution in [3.05, 3.63) is 51.9 Å². The first-order valence-electron chi connectivity index (χ1n) is 5.91. The van der Waals surface area contributed by atoms with Crippen LogP contribution in [0.4, 0.5) is 5.69 Å². The van der Waals surface area contributed by atoms with Gasteiger partial charge in [0.25, 0.3) is 5.91 Å². The maximum absolute atomic E-state index is 12.2. The Bertz CT molecular complexity index is 549. The molecule has 0 aliphatic heterocycles. The van der Waals surface area contributed by atoms with E-state index in [1.807, 2.05) is 41.1 Å². The Kier molecular flexibility index (Phi) is 4.98. The predicted molar refractivity (Wildman–Crippen MR) is 83.4 cm³/mol. The summed E-state index contributed by atoms with van der Waals surface area (Å²) in [4.78, 5) is 12.2. The van der Waals surface area contributed by atoms with Gasteiger partial charge in [0.1, 0.15) is 5.69 Å². The van der Waals surface area contributed by atoms with Crippen LogP contribution in [-0.2, 0) is 11.3 Å². The van der Waals surface area contributed by atoms with Gasteiger partial charge in [-0.2, -0.15) is 0 Å². The monoisotopic (exact) mass is 370 g/mol. The molecule has 2 rings (SSSR count). The highest BCUT2D eigenvalue weighted by atomic mass is 127. The molecular formula is C14H15IN2O2. The van der Waals surface area contributed by atoms with Crippen LogP contribution in [-0.4, -0.2) is 24.2 Å². The van der Waals surface area contributed by atoms with Gasteiger partial charge in [0.2, 0.25) is 0 Å². The zero-order chi connectivity index (χ0) is 13.7. The third-order valence-corrected chi connectivity index (χ3v) is 3.42. The minimum atomic E-state index is -0.109. The van der Waals surface area contributed by atoms with Gasteiger partial charge in [0, 0.05) is 29.1 Å². The minimum absolute atomic E-state index is 0.109. The molecule has 0 saturated carbocycles. The fourth-order valence-electron chi connectivity index (χ4n) is 1.73. The molecule has 0 aliphatic rings. The Morgan fingerprint density at radius 3 is 2.74 bits per heavy atom. The van der Waals surface area contributed by atoms with E-state index in [4.69, 9.17) is 4.74 Å². The molecule has 1 aromatic carbocycles. The summed E-state index contributed by atoms with van der Waals surface area (Å²) in [5.74, 6) is -0.109. The molecule has 1 amide bonds. The fraction of sp³-hybridized carbons (Fsp3) is 0.214. The molecule has 1 heterocycles. The summed E-state index contributed by atoms with van der Waals surface area (Å²) in [5.41, 5.74) is 1.43.